The molecule has 136 valence electrons. The fourth-order valence-electron chi connectivity index (χ4n) is 4.05. The molecular formula is C17H18BrF3N2O2. The number of imidazole rings is 1. The van der Waals surface area contributed by atoms with Gasteiger partial charge in [-0.3, -0.25) is 4.40 Å². The first kappa shape index (κ1) is 17.3. The normalized spacial score (nSPS) is 27.0. The van der Waals surface area contributed by atoms with Crippen LogP contribution < -0.4 is 0 Å². The summed E-state index contributed by atoms with van der Waals surface area (Å²) in [6.45, 7) is -2.32. The lowest BCUT2D eigenvalue weighted by Gasteiger charge is -2.38. The minimum atomic E-state index is -2.79. The molecule has 0 amide bonds. The van der Waals surface area contributed by atoms with Crippen LogP contribution >= 0.6 is 15.9 Å². The Bertz CT molecular complexity index is 783. The Morgan fingerprint density at radius 3 is 2.92 bits per heavy atom. The van der Waals surface area contributed by atoms with Crippen molar-refractivity contribution in [3.8, 4) is 0 Å². The zero-order chi connectivity index (χ0) is 17.6. The summed E-state index contributed by atoms with van der Waals surface area (Å²) in [5.74, 6) is -0.547. The topological polar surface area (TPSA) is 35.8 Å². The van der Waals surface area contributed by atoms with Crippen LogP contribution in [0.4, 0.5) is 13.2 Å². The molecule has 0 saturated heterocycles. The van der Waals surface area contributed by atoms with Crippen LogP contribution in [0.5, 0.6) is 0 Å². The second kappa shape index (κ2) is 6.89. The second-order valence-electron chi connectivity index (χ2n) is 6.57. The highest BCUT2D eigenvalue weighted by Gasteiger charge is 2.40. The summed E-state index contributed by atoms with van der Waals surface area (Å²) in [5, 5.41) is 0. The van der Waals surface area contributed by atoms with Gasteiger partial charge in [-0.1, -0.05) is 12.8 Å². The molecule has 4 nitrogen and oxygen atoms in total. The number of ether oxygens (including phenoxy) is 2. The van der Waals surface area contributed by atoms with E-state index in [4.69, 9.17) is 9.47 Å². The van der Waals surface area contributed by atoms with Gasteiger partial charge < -0.3 is 9.47 Å². The Hall–Kier alpha value is -1.12. The lowest BCUT2D eigenvalue weighted by molar-refractivity contribution is -0.199. The number of nitrogens with zero attached hydrogens (tertiary/aromatic N) is 2. The summed E-state index contributed by atoms with van der Waals surface area (Å²) in [6, 6.07) is 1.37. The number of halogens is 4. The maximum Gasteiger partial charge on any atom is 0.345 e. The van der Waals surface area contributed by atoms with Crippen molar-refractivity contribution in [2.24, 2.45) is 5.92 Å². The molecule has 0 radical (unpaired) electrons. The Kier molecular flexibility index (Phi) is 4.77. The number of rotatable bonds is 3. The van der Waals surface area contributed by atoms with Gasteiger partial charge in [-0.05, 0) is 28.8 Å². The number of aromatic nitrogens is 2. The van der Waals surface area contributed by atoms with E-state index in [1.807, 2.05) is 0 Å². The lowest BCUT2D eigenvalue weighted by atomic mass is 9.80. The molecule has 0 aromatic carbocycles. The van der Waals surface area contributed by atoms with Gasteiger partial charge in [0.1, 0.15) is 17.6 Å². The van der Waals surface area contributed by atoms with Crippen molar-refractivity contribution in [1.82, 2.24) is 9.38 Å². The van der Waals surface area contributed by atoms with E-state index in [-0.39, 0.29) is 17.8 Å². The molecule has 0 spiro atoms. The fraction of sp³-hybridized carbons (Fsp3) is 0.588. The summed E-state index contributed by atoms with van der Waals surface area (Å²) in [5.41, 5.74) is 2.18. The molecule has 1 saturated carbocycles. The van der Waals surface area contributed by atoms with Crippen molar-refractivity contribution < 1.29 is 22.6 Å². The van der Waals surface area contributed by atoms with Crippen molar-refractivity contribution in [2.75, 3.05) is 6.61 Å². The molecule has 0 N–H and O–H groups in total. The Morgan fingerprint density at radius 1 is 1.32 bits per heavy atom. The molecule has 2 aromatic heterocycles. The van der Waals surface area contributed by atoms with Crippen molar-refractivity contribution in [1.29, 1.82) is 0 Å². The molecule has 25 heavy (non-hydrogen) atoms. The Balaban J connectivity index is 1.76. The zero-order valence-corrected chi connectivity index (χ0v) is 15.0. The Morgan fingerprint density at radius 2 is 2.12 bits per heavy atom. The summed E-state index contributed by atoms with van der Waals surface area (Å²) >= 11 is 3.20. The molecule has 2 aromatic rings. The number of pyridine rings is 1. The van der Waals surface area contributed by atoms with Crippen molar-refractivity contribution >= 4 is 21.6 Å². The van der Waals surface area contributed by atoms with Crippen LogP contribution in [0.3, 0.4) is 0 Å². The van der Waals surface area contributed by atoms with Gasteiger partial charge >= 0.3 is 6.61 Å². The largest absolute Gasteiger partial charge is 0.371 e. The van der Waals surface area contributed by atoms with E-state index < -0.39 is 12.7 Å². The van der Waals surface area contributed by atoms with Crippen molar-refractivity contribution in [3.05, 3.63) is 33.9 Å². The zero-order valence-electron chi connectivity index (χ0n) is 13.4. The third-order valence-electron chi connectivity index (χ3n) is 5.10. The predicted octanol–water partition coefficient (Wildman–Crippen LogP) is 4.65. The van der Waals surface area contributed by atoms with E-state index in [1.165, 1.54) is 6.07 Å². The summed E-state index contributed by atoms with van der Waals surface area (Å²) in [4.78, 5) is 4.52. The van der Waals surface area contributed by atoms with Crippen molar-refractivity contribution in [2.45, 2.75) is 50.9 Å². The highest BCUT2D eigenvalue weighted by molar-refractivity contribution is 9.10. The van der Waals surface area contributed by atoms with E-state index in [0.29, 0.717) is 29.6 Å². The van der Waals surface area contributed by atoms with Crippen LogP contribution in [0, 0.1) is 11.7 Å². The molecule has 3 atom stereocenters. The molecule has 0 bridgehead atoms. The van der Waals surface area contributed by atoms with Crippen LogP contribution in [0.15, 0.2) is 16.7 Å². The van der Waals surface area contributed by atoms with E-state index in [0.717, 1.165) is 30.7 Å². The molecule has 1 fully saturated rings. The smallest absolute Gasteiger partial charge is 0.345 e. The monoisotopic (exact) mass is 418 g/mol. The third kappa shape index (κ3) is 3.19. The first-order valence-electron chi connectivity index (χ1n) is 8.45. The first-order valence-corrected chi connectivity index (χ1v) is 9.25. The molecule has 3 heterocycles. The standard InChI is InChI=1S/C17H18BrF3N2O2/c18-10-8-23-14(7-11(10)19)22-12-5-6-24-16(15(12)23)9-3-1-2-4-13(9)25-17(20)21/h7-9,13,16-17H,1-6H2. The number of alkyl halides is 2. The highest BCUT2D eigenvalue weighted by Crippen LogP contribution is 2.42. The molecule has 2 aliphatic rings. The number of hydrogen-bond donors (Lipinski definition) is 0. The minimum absolute atomic E-state index is 0.162. The van der Waals surface area contributed by atoms with E-state index in [9.17, 15) is 13.2 Å². The third-order valence-corrected chi connectivity index (χ3v) is 5.69. The van der Waals surface area contributed by atoms with Gasteiger partial charge in [-0.2, -0.15) is 8.78 Å². The Labute approximate surface area is 151 Å². The number of hydrogen-bond acceptors (Lipinski definition) is 3. The van der Waals surface area contributed by atoms with E-state index in [2.05, 4.69) is 20.9 Å². The van der Waals surface area contributed by atoms with Crippen LogP contribution in [-0.2, 0) is 15.9 Å². The summed E-state index contributed by atoms with van der Waals surface area (Å²) < 4.78 is 52.5. The molecule has 4 rings (SSSR count). The quantitative estimate of drug-likeness (QED) is 0.727. The van der Waals surface area contributed by atoms with Crippen LogP contribution in [0.2, 0.25) is 0 Å². The lowest BCUT2D eigenvalue weighted by Crippen LogP contribution is -2.37. The average molecular weight is 419 g/mol. The van der Waals surface area contributed by atoms with Crippen LogP contribution in [0.25, 0.3) is 5.65 Å². The summed E-state index contributed by atoms with van der Waals surface area (Å²) in [6.07, 6.45) is 4.52. The summed E-state index contributed by atoms with van der Waals surface area (Å²) in [7, 11) is 0. The van der Waals surface area contributed by atoms with Gasteiger partial charge in [0.15, 0.2) is 0 Å². The fourth-order valence-corrected chi connectivity index (χ4v) is 4.37. The van der Waals surface area contributed by atoms with Gasteiger partial charge in [0.05, 0.1) is 28.6 Å². The molecule has 3 unspecified atom stereocenters. The van der Waals surface area contributed by atoms with Gasteiger partial charge in [-0.15, -0.1) is 0 Å². The first-order chi connectivity index (χ1) is 12.0. The van der Waals surface area contributed by atoms with Crippen LogP contribution in [-0.4, -0.2) is 28.7 Å². The highest BCUT2D eigenvalue weighted by atomic mass is 79.9. The van der Waals surface area contributed by atoms with E-state index in [1.54, 1.807) is 10.6 Å². The molecule has 1 aliphatic carbocycles. The second-order valence-corrected chi connectivity index (χ2v) is 7.42. The average Bonchev–Trinajstić information content (AvgIpc) is 2.93. The minimum Gasteiger partial charge on any atom is -0.371 e. The molecule has 1 aliphatic heterocycles. The maximum absolute atomic E-state index is 13.8. The van der Waals surface area contributed by atoms with Gasteiger partial charge in [0.2, 0.25) is 0 Å². The predicted molar refractivity (Wildman–Crippen MR) is 88.1 cm³/mol. The molecular weight excluding hydrogens is 401 g/mol. The SMILES string of the molecule is Fc1cc2nc3c(n2cc1Br)C(C1CCCCC1OC(F)F)OCC3. The van der Waals surface area contributed by atoms with Gasteiger partial charge in [0, 0.05) is 24.6 Å². The maximum atomic E-state index is 13.8. The van der Waals surface area contributed by atoms with Crippen molar-refractivity contribution in [3.63, 3.8) is 0 Å². The van der Waals surface area contributed by atoms with Gasteiger partial charge in [-0.25, -0.2) is 9.37 Å². The van der Waals surface area contributed by atoms with E-state index >= 15 is 0 Å². The molecule has 8 heteroatoms. The van der Waals surface area contributed by atoms with Gasteiger partial charge in [0.25, 0.3) is 0 Å². The number of fused-ring (bicyclic) bond motifs is 3. The van der Waals surface area contributed by atoms with Crippen LogP contribution in [0.1, 0.15) is 43.2 Å².